The lowest BCUT2D eigenvalue weighted by molar-refractivity contribution is 0.0900. The van der Waals surface area contributed by atoms with Gasteiger partial charge in [-0.3, -0.25) is 4.79 Å². The SMILES string of the molecule is C[C@]1(NC(=O)c2ccc(Cl)o2)CCN([C@@H]2CCc3ccc(F)cc32)C1=S. The summed E-state index contributed by atoms with van der Waals surface area (Å²) in [4.78, 5) is 15.2. The number of furan rings is 1. The van der Waals surface area contributed by atoms with Gasteiger partial charge in [-0.1, -0.05) is 18.3 Å². The van der Waals surface area contributed by atoms with Crippen molar-refractivity contribution in [2.24, 2.45) is 0 Å². The van der Waals surface area contributed by atoms with Crippen molar-refractivity contribution in [1.29, 1.82) is 0 Å². The third kappa shape index (κ3) is 2.91. The summed E-state index contributed by atoms with van der Waals surface area (Å²) >= 11 is 11.5. The number of aryl methyl sites for hydroxylation is 1. The molecule has 0 saturated carbocycles. The van der Waals surface area contributed by atoms with E-state index in [0.29, 0.717) is 11.4 Å². The van der Waals surface area contributed by atoms with Crippen LogP contribution in [0.25, 0.3) is 0 Å². The first kappa shape index (κ1) is 17.5. The molecule has 1 aromatic carbocycles. The number of nitrogens with zero attached hydrogens (tertiary/aromatic N) is 1. The molecule has 0 radical (unpaired) electrons. The van der Waals surface area contributed by atoms with Crippen LogP contribution >= 0.6 is 23.8 Å². The molecule has 26 heavy (non-hydrogen) atoms. The summed E-state index contributed by atoms with van der Waals surface area (Å²) in [6.07, 6.45) is 2.50. The van der Waals surface area contributed by atoms with Gasteiger partial charge >= 0.3 is 0 Å². The van der Waals surface area contributed by atoms with Gasteiger partial charge in [-0.15, -0.1) is 0 Å². The minimum Gasteiger partial charge on any atom is -0.440 e. The molecule has 0 unspecified atom stereocenters. The zero-order chi connectivity index (χ0) is 18.5. The van der Waals surface area contributed by atoms with Crippen LogP contribution in [0.15, 0.2) is 34.7 Å². The van der Waals surface area contributed by atoms with Gasteiger partial charge < -0.3 is 14.6 Å². The van der Waals surface area contributed by atoms with Crippen molar-refractivity contribution in [1.82, 2.24) is 10.2 Å². The lowest BCUT2D eigenvalue weighted by Crippen LogP contribution is -2.51. The predicted molar refractivity (Wildman–Crippen MR) is 101 cm³/mol. The molecule has 1 amide bonds. The fourth-order valence-electron chi connectivity index (χ4n) is 3.91. The number of hydrogen-bond acceptors (Lipinski definition) is 3. The average Bonchev–Trinajstić information content (AvgIpc) is 3.27. The molecule has 1 fully saturated rings. The highest BCUT2D eigenvalue weighted by molar-refractivity contribution is 7.80. The molecular weight excluding hydrogens is 375 g/mol. The van der Waals surface area contributed by atoms with Crippen LogP contribution in [0.3, 0.4) is 0 Å². The van der Waals surface area contributed by atoms with Crippen molar-refractivity contribution in [3.05, 3.63) is 58.3 Å². The maximum Gasteiger partial charge on any atom is 0.287 e. The second kappa shape index (κ2) is 6.35. The van der Waals surface area contributed by atoms with Crippen molar-refractivity contribution >= 4 is 34.7 Å². The Balaban J connectivity index is 1.53. The van der Waals surface area contributed by atoms with E-state index in [1.54, 1.807) is 6.07 Å². The molecule has 4 rings (SSSR count). The van der Waals surface area contributed by atoms with Gasteiger partial charge in [0, 0.05) is 6.54 Å². The first-order valence-corrected chi connectivity index (χ1v) is 9.33. The minimum absolute atomic E-state index is 0.0602. The molecule has 2 aromatic rings. The van der Waals surface area contributed by atoms with Gasteiger partial charge in [0.25, 0.3) is 5.91 Å². The van der Waals surface area contributed by atoms with E-state index in [-0.39, 0.29) is 28.7 Å². The van der Waals surface area contributed by atoms with E-state index in [9.17, 15) is 9.18 Å². The van der Waals surface area contributed by atoms with Gasteiger partial charge in [0.15, 0.2) is 11.0 Å². The number of carbonyl (C=O) groups excluding carboxylic acids is 1. The Labute approximate surface area is 161 Å². The highest BCUT2D eigenvalue weighted by Crippen LogP contribution is 2.40. The lowest BCUT2D eigenvalue weighted by Gasteiger charge is -2.31. The second-order valence-electron chi connectivity index (χ2n) is 7.04. The van der Waals surface area contributed by atoms with E-state index in [4.69, 9.17) is 28.2 Å². The summed E-state index contributed by atoms with van der Waals surface area (Å²) in [6.45, 7) is 2.63. The van der Waals surface area contributed by atoms with Crippen molar-refractivity contribution in [2.45, 2.75) is 37.8 Å². The number of hydrogen-bond donors (Lipinski definition) is 1. The highest BCUT2D eigenvalue weighted by Gasteiger charge is 2.44. The van der Waals surface area contributed by atoms with Gasteiger partial charge in [-0.25, -0.2) is 4.39 Å². The topological polar surface area (TPSA) is 45.5 Å². The minimum atomic E-state index is -0.651. The van der Waals surface area contributed by atoms with Crippen LogP contribution in [0, 0.1) is 5.82 Å². The molecule has 1 aromatic heterocycles. The molecule has 1 aliphatic heterocycles. The molecule has 2 heterocycles. The summed E-state index contributed by atoms with van der Waals surface area (Å²) in [7, 11) is 0. The number of nitrogens with one attached hydrogen (secondary N) is 1. The first-order chi connectivity index (χ1) is 12.4. The summed E-state index contributed by atoms with van der Waals surface area (Å²) in [5, 5.41) is 3.14. The first-order valence-electron chi connectivity index (χ1n) is 8.55. The van der Waals surface area contributed by atoms with E-state index >= 15 is 0 Å². The molecule has 1 aliphatic carbocycles. The van der Waals surface area contributed by atoms with Gasteiger partial charge in [-0.2, -0.15) is 0 Å². The van der Waals surface area contributed by atoms with Crippen LogP contribution in [0.1, 0.15) is 47.5 Å². The van der Waals surface area contributed by atoms with Crippen molar-refractivity contribution in [3.63, 3.8) is 0 Å². The van der Waals surface area contributed by atoms with Crippen molar-refractivity contribution in [3.8, 4) is 0 Å². The molecule has 2 aliphatic rings. The monoisotopic (exact) mass is 392 g/mol. The summed E-state index contributed by atoms with van der Waals surface area (Å²) in [6, 6.07) is 8.09. The number of likely N-dealkylation sites (tertiary alicyclic amines) is 1. The number of carbonyl (C=O) groups is 1. The Bertz CT molecular complexity index is 899. The molecule has 136 valence electrons. The summed E-state index contributed by atoms with van der Waals surface area (Å²) < 4.78 is 18.9. The molecule has 2 atom stereocenters. The smallest absolute Gasteiger partial charge is 0.287 e. The highest BCUT2D eigenvalue weighted by atomic mass is 35.5. The number of amides is 1. The van der Waals surface area contributed by atoms with E-state index < -0.39 is 5.54 Å². The van der Waals surface area contributed by atoms with Crippen LogP contribution in [-0.2, 0) is 6.42 Å². The number of halogens is 2. The second-order valence-corrected chi connectivity index (χ2v) is 7.80. The number of fused-ring (bicyclic) bond motifs is 1. The predicted octanol–water partition coefficient (Wildman–Crippen LogP) is 4.28. The number of benzene rings is 1. The third-order valence-electron chi connectivity index (χ3n) is 5.30. The molecule has 4 nitrogen and oxygen atoms in total. The Morgan fingerprint density at radius 1 is 1.42 bits per heavy atom. The Kier molecular flexibility index (Phi) is 4.28. The Morgan fingerprint density at radius 3 is 2.96 bits per heavy atom. The molecular formula is C19H18ClFN2O2S. The fourth-order valence-corrected chi connectivity index (χ4v) is 4.42. The van der Waals surface area contributed by atoms with Gasteiger partial charge in [0.2, 0.25) is 0 Å². The molecule has 1 N–H and O–H groups in total. The van der Waals surface area contributed by atoms with Crippen LogP contribution in [0.2, 0.25) is 5.22 Å². The molecule has 0 spiro atoms. The molecule has 1 saturated heterocycles. The van der Waals surface area contributed by atoms with Gasteiger partial charge in [-0.05, 0) is 73.2 Å². The largest absolute Gasteiger partial charge is 0.440 e. The fraction of sp³-hybridized carbons (Fsp3) is 0.368. The van der Waals surface area contributed by atoms with E-state index in [1.807, 2.05) is 13.0 Å². The van der Waals surface area contributed by atoms with E-state index in [2.05, 4.69) is 10.2 Å². The van der Waals surface area contributed by atoms with Crippen LogP contribution < -0.4 is 5.32 Å². The number of thiocarbonyl (C=S) groups is 1. The van der Waals surface area contributed by atoms with Gasteiger partial charge in [0.1, 0.15) is 10.8 Å². The van der Waals surface area contributed by atoms with E-state index in [0.717, 1.165) is 24.9 Å². The molecule has 0 bridgehead atoms. The average molecular weight is 393 g/mol. The summed E-state index contributed by atoms with van der Waals surface area (Å²) in [5.74, 6) is -0.418. The maximum absolute atomic E-state index is 13.7. The van der Waals surface area contributed by atoms with Crippen molar-refractivity contribution < 1.29 is 13.6 Å². The van der Waals surface area contributed by atoms with Crippen LogP contribution in [0.5, 0.6) is 0 Å². The zero-order valence-electron chi connectivity index (χ0n) is 14.2. The Morgan fingerprint density at radius 2 is 2.23 bits per heavy atom. The van der Waals surface area contributed by atoms with Crippen LogP contribution in [-0.4, -0.2) is 27.9 Å². The summed E-state index contributed by atoms with van der Waals surface area (Å²) in [5.41, 5.74) is 1.52. The normalized spacial score (nSPS) is 24.8. The van der Waals surface area contributed by atoms with E-state index in [1.165, 1.54) is 23.8 Å². The molecule has 7 heteroatoms. The van der Waals surface area contributed by atoms with Gasteiger partial charge in [0.05, 0.1) is 11.6 Å². The van der Waals surface area contributed by atoms with Crippen LogP contribution in [0.4, 0.5) is 4.39 Å². The third-order valence-corrected chi connectivity index (χ3v) is 6.19. The maximum atomic E-state index is 13.7. The van der Waals surface area contributed by atoms with Crippen molar-refractivity contribution in [2.75, 3.05) is 6.54 Å². The standard InChI is InChI=1S/C19H18ClFN2O2S/c1-19(22-17(24)15-6-7-16(20)25-15)8-9-23(18(19)26)14-5-3-11-2-4-12(21)10-13(11)14/h2,4,6-7,10,14H,3,5,8-9H2,1H3,(H,22,24)/t14-,19+/m1/s1. The number of rotatable bonds is 3. The lowest BCUT2D eigenvalue weighted by atomic mass is 10.0. The Hall–Kier alpha value is -1.92. The quantitative estimate of drug-likeness (QED) is 0.792. The zero-order valence-corrected chi connectivity index (χ0v) is 15.8.